The van der Waals surface area contributed by atoms with Crippen LogP contribution >= 0.6 is 0 Å². The van der Waals surface area contributed by atoms with Crippen LogP contribution < -0.4 is 0 Å². The Bertz CT molecular complexity index is 1330. The summed E-state index contributed by atoms with van der Waals surface area (Å²) in [5.41, 5.74) is 0. The van der Waals surface area contributed by atoms with Crippen molar-refractivity contribution in [1.29, 1.82) is 0 Å². The van der Waals surface area contributed by atoms with Crippen LogP contribution in [0.15, 0.2) is 97.2 Å². The molecule has 0 aliphatic rings. The molecule has 0 aliphatic carbocycles. The van der Waals surface area contributed by atoms with E-state index in [0.29, 0.717) is 19.3 Å². The van der Waals surface area contributed by atoms with Gasteiger partial charge < -0.3 is 14.2 Å². The average Bonchev–Trinajstić information content (AvgIpc) is 3.31. The Morgan fingerprint density at radius 3 is 1.12 bits per heavy atom. The summed E-state index contributed by atoms with van der Waals surface area (Å²) in [5, 5.41) is 0. The largest absolute Gasteiger partial charge is 0.462 e. The van der Waals surface area contributed by atoms with Crippen LogP contribution in [-0.4, -0.2) is 37.2 Å². The van der Waals surface area contributed by atoms with E-state index in [1.807, 2.05) is 48.6 Å². The monoisotopic (exact) mass is 917 g/mol. The van der Waals surface area contributed by atoms with Gasteiger partial charge in [0.05, 0.1) is 0 Å². The minimum Gasteiger partial charge on any atom is -0.462 e. The van der Waals surface area contributed by atoms with Gasteiger partial charge in [-0.25, -0.2) is 0 Å². The maximum Gasteiger partial charge on any atom is 0.306 e. The predicted octanol–water partition coefficient (Wildman–Crippen LogP) is 18.1. The molecule has 0 aromatic rings. The molecule has 1 atom stereocenters. The quantitative estimate of drug-likeness (QED) is 0.0199. The van der Waals surface area contributed by atoms with Gasteiger partial charge in [0.2, 0.25) is 0 Å². The molecule has 6 nitrogen and oxygen atoms in total. The Morgan fingerprint density at radius 1 is 0.333 bits per heavy atom. The van der Waals surface area contributed by atoms with Crippen molar-refractivity contribution in [3.05, 3.63) is 97.2 Å². The van der Waals surface area contributed by atoms with Crippen molar-refractivity contribution in [2.24, 2.45) is 0 Å². The first kappa shape index (κ1) is 62.3. The highest BCUT2D eigenvalue weighted by molar-refractivity contribution is 5.71. The number of hydrogen-bond acceptors (Lipinski definition) is 6. The van der Waals surface area contributed by atoms with Crippen molar-refractivity contribution in [3.63, 3.8) is 0 Å². The highest BCUT2D eigenvalue weighted by Crippen LogP contribution is 2.14. The number of ether oxygens (including phenoxy) is 3. The first-order valence-corrected chi connectivity index (χ1v) is 27.3. The molecule has 0 N–H and O–H groups in total. The van der Waals surface area contributed by atoms with E-state index in [1.165, 1.54) is 116 Å². The van der Waals surface area contributed by atoms with Crippen LogP contribution in [0.25, 0.3) is 0 Å². The molecule has 0 heterocycles. The summed E-state index contributed by atoms with van der Waals surface area (Å²) in [6.07, 6.45) is 71.1. The standard InChI is InChI=1S/C60H100O6/c1-4-7-10-13-16-19-22-25-28-29-30-31-33-35-38-41-44-47-50-53-59(62)65-56-57(55-64-58(61)52-49-46-43-40-37-34-27-24-21-18-15-12-9-6-3)66-60(63)54-51-48-45-42-39-36-32-26-23-20-17-14-11-8-5-2/h8-9,11-12,14,17-18,20-21,23,26,29-30,32,36,39,57H,4-7,10,13,15-16,19,22,24-25,27-28,31,33-35,37-38,40-56H2,1-3H3/b11-8-,12-9-,17-14-,21-18-,23-20-,30-29-,32-26-,39-36-. The Morgan fingerprint density at radius 2 is 0.667 bits per heavy atom. The fourth-order valence-electron chi connectivity index (χ4n) is 7.38. The predicted molar refractivity (Wildman–Crippen MR) is 284 cm³/mol. The molecule has 0 amide bonds. The maximum absolute atomic E-state index is 12.8. The highest BCUT2D eigenvalue weighted by Gasteiger charge is 2.19. The Balaban J connectivity index is 4.44. The molecule has 66 heavy (non-hydrogen) atoms. The lowest BCUT2D eigenvalue weighted by molar-refractivity contribution is -0.167. The Hall–Kier alpha value is -3.67. The minimum atomic E-state index is -0.805. The zero-order chi connectivity index (χ0) is 47.9. The fraction of sp³-hybridized carbons (Fsp3) is 0.683. The number of carbonyl (C=O) groups is 3. The zero-order valence-corrected chi connectivity index (χ0v) is 42.9. The van der Waals surface area contributed by atoms with E-state index in [2.05, 4.69) is 69.4 Å². The van der Waals surface area contributed by atoms with Crippen LogP contribution in [0.1, 0.15) is 245 Å². The molecule has 6 heteroatoms. The second-order valence-electron chi connectivity index (χ2n) is 17.8. The van der Waals surface area contributed by atoms with E-state index in [9.17, 15) is 14.4 Å². The van der Waals surface area contributed by atoms with Crippen molar-refractivity contribution in [2.45, 2.75) is 252 Å². The molecule has 0 spiro atoms. The van der Waals surface area contributed by atoms with E-state index >= 15 is 0 Å². The molecule has 0 radical (unpaired) electrons. The smallest absolute Gasteiger partial charge is 0.306 e. The van der Waals surface area contributed by atoms with Crippen LogP contribution in [0.5, 0.6) is 0 Å². The summed E-state index contributed by atoms with van der Waals surface area (Å²) in [4.78, 5) is 38.1. The molecule has 1 unspecified atom stereocenters. The van der Waals surface area contributed by atoms with E-state index in [-0.39, 0.29) is 37.5 Å². The first-order chi connectivity index (χ1) is 32.5. The van der Waals surface area contributed by atoms with E-state index in [1.54, 1.807) is 0 Å². The third-order valence-corrected chi connectivity index (χ3v) is 11.4. The second-order valence-corrected chi connectivity index (χ2v) is 17.8. The van der Waals surface area contributed by atoms with Gasteiger partial charge in [0.15, 0.2) is 6.10 Å². The average molecular weight is 917 g/mol. The van der Waals surface area contributed by atoms with Gasteiger partial charge in [0.1, 0.15) is 13.2 Å². The maximum atomic E-state index is 12.8. The van der Waals surface area contributed by atoms with Crippen molar-refractivity contribution in [3.8, 4) is 0 Å². The summed E-state index contributed by atoms with van der Waals surface area (Å²) >= 11 is 0. The number of carbonyl (C=O) groups excluding carboxylic acids is 3. The van der Waals surface area contributed by atoms with E-state index in [0.717, 1.165) is 83.5 Å². The number of esters is 3. The van der Waals surface area contributed by atoms with Crippen LogP contribution in [0.3, 0.4) is 0 Å². The van der Waals surface area contributed by atoms with E-state index < -0.39 is 6.10 Å². The normalized spacial score (nSPS) is 12.8. The molecule has 376 valence electrons. The van der Waals surface area contributed by atoms with Crippen molar-refractivity contribution < 1.29 is 28.6 Å². The van der Waals surface area contributed by atoms with Crippen LogP contribution in [-0.2, 0) is 28.6 Å². The van der Waals surface area contributed by atoms with Crippen LogP contribution in [0, 0.1) is 0 Å². The van der Waals surface area contributed by atoms with Gasteiger partial charge in [0.25, 0.3) is 0 Å². The summed E-state index contributed by atoms with van der Waals surface area (Å²) < 4.78 is 16.8. The molecule has 0 aliphatic heterocycles. The molecular weight excluding hydrogens is 817 g/mol. The van der Waals surface area contributed by atoms with Gasteiger partial charge in [-0.2, -0.15) is 0 Å². The number of unbranched alkanes of at least 4 members (excludes halogenated alkanes) is 25. The molecular formula is C60H100O6. The van der Waals surface area contributed by atoms with Gasteiger partial charge in [-0.3, -0.25) is 14.4 Å². The van der Waals surface area contributed by atoms with Gasteiger partial charge >= 0.3 is 17.9 Å². The zero-order valence-electron chi connectivity index (χ0n) is 42.9. The van der Waals surface area contributed by atoms with Crippen LogP contribution in [0.2, 0.25) is 0 Å². The molecule has 0 aromatic heterocycles. The van der Waals surface area contributed by atoms with E-state index in [4.69, 9.17) is 14.2 Å². The van der Waals surface area contributed by atoms with Gasteiger partial charge in [-0.15, -0.1) is 0 Å². The topological polar surface area (TPSA) is 78.9 Å². The van der Waals surface area contributed by atoms with Gasteiger partial charge in [-0.1, -0.05) is 234 Å². The molecule has 0 rings (SSSR count). The number of allylic oxidation sites excluding steroid dienone is 16. The summed E-state index contributed by atoms with van der Waals surface area (Å²) in [6.45, 7) is 6.35. The third kappa shape index (κ3) is 51.3. The molecule has 0 bridgehead atoms. The van der Waals surface area contributed by atoms with Crippen molar-refractivity contribution >= 4 is 17.9 Å². The summed E-state index contributed by atoms with van der Waals surface area (Å²) in [5.74, 6) is -0.955. The molecule has 0 aromatic carbocycles. The lowest BCUT2D eigenvalue weighted by Gasteiger charge is -2.18. The molecule has 0 saturated carbocycles. The summed E-state index contributed by atoms with van der Waals surface area (Å²) in [7, 11) is 0. The van der Waals surface area contributed by atoms with Gasteiger partial charge in [0, 0.05) is 19.3 Å². The first-order valence-electron chi connectivity index (χ1n) is 27.3. The lowest BCUT2D eigenvalue weighted by atomic mass is 10.1. The Labute approximate surface area is 407 Å². The second kappa shape index (κ2) is 53.9. The number of rotatable bonds is 48. The molecule has 0 fully saturated rings. The number of hydrogen-bond donors (Lipinski definition) is 0. The summed E-state index contributed by atoms with van der Waals surface area (Å²) in [6, 6.07) is 0. The Kier molecular flexibility index (Phi) is 50.9. The highest BCUT2D eigenvalue weighted by atomic mass is 16.6. The SMILES string of the molecule is CC\C=C/C=C\C=C/C=C\C=C/CCCCCC(=O)OC(COC(=O)CCCCCCCCC/C=C\C/C=C\CC)COC(=O)CCCCCCCCC/C=C\CCCCCCCCCC. The minimum absolute atomic E-state index is 0.100. The van der Waals surface area contributed by atoms with Crippen LogP contribution in [0.4, 0.5) is 0 Å². The van der Waals surface area contributed by atoms with Crippen molar-refractivity contribution in [2.75, 3.05) is 13.2 Å². The molecule has 0 saturated heterocycles. The van der Waals surface area contributed by atoms with Crippen molar-refractivity contribution in [1.82, 2.24) is 0 Å². The lowest BCUT2D eigenvalue weighted by Crippen LogP contribution is -2.30. The fourth-order valence-corrected chi connectivity index (χ4v) is 7.38. The van der Waals surface area contributed by atoms with Gasteiger partial charge in [-0.05, 0) is 89.9 Å². The third-order valence-electron chi connectivity index (χ3n) is 11.4.